The van der Waals surface area contributed by atoms with Gasteiger partial charge >= 0.3 is 6.01 Å². The van der Waals surface area contributed by atoms with Crippen molar-refractivity contribution in [2.75, 3.05) is 33.8 Å². The van der Waals surface area contributed by atoms with Gasteiger partial charge in [-0.3, -0.25) is 10.1 Å². The highest BCUT2D eigenvalue weighted by Gasteiger charge is 2.20. The number of amides is 1. The number of anilines is 1. The molecule has 0 aliphatic carbocycles. The van der Waals surface area contributed by atoms with Crippen LogP contribution in [0.25, 0.3) is 22.6 Å². The van der Waals surface area contributed by atoms with Crippen molar-refractivity contribution >= 4 is 22.9 Å². The zero-order chi connectivity index (χ0) is 22.0. The zero-order valence-electron chi connectivity index (χ0n) is 17.2. The smallest absolute Gasteiger partial charge is 0.322 e. The maximum Gasteiger partial charge on any atom is 0.322 e. The van der Waals surface area contributed by atoms with Crippen LogP contribution in [-0.4, -0.2) is 44.5 Å². The Bertz CT molecular complexity index is 1220. The van der Waals surface area contributed by atoms with Crippen LogP contribution in [0.2, 0.25) is 0 Å². The third kappa shape index (κ3) is 3.70. The molecule has 31 heavy (non-hydrogen) atoms. The molecule has 10 nitrogen and oxygen atoms in total. The monoisotopic (exact) mass is 425 g/mol. The average Bonchev–Trinajstić information content (AvgIpc) is 3.44. The molecule has 0 unspecified atom stereocenters. The van der Waals surface area contributed by atoms with Crippen LogP contribution in [0, 0.1) is 0 Å². The van der Waals surface area contributed by atoms with Crippen molar-refractivity contribution in [1.29, 1.82) is 0 Å². The molecule has 160 valence electrons. The number of rotatable bonds is 7. The van der Waals surface area contributed by atoms with E-state index in [1.807, 2.05) is 12.1 Å². The second kappa shape index (κ2) is 8.27. The summed E-state index contributed by atoms with van der Waals surface area (Å²) in [5.41, 5.74) is 0.809. The molecule has 0 saturated heterocycles. The van der Waals surface area contributed by atoms with Crippen LogP contribution < -0.4 is 24.3 Å². The van der Waals surface area contributed by atoms with Crippen LogP contribution in [-0.2, 0) is 0 Å². The van der Waals surface area contributed by atoms with Crippen LogP contribution in [0.4, 0.5) is 6.01 Å². The lowest BCUT2D eigenvalue weighted by molar-refractivity contribution is 0.102. The largest absolute Gasteiger partial charge is 0.493 e. The van der Waals surface area contributed by atoms with Gasteiger partial charge < -0.3 is 27.8 Å². The lowest BCUT2D eigenvalue weighted by Crippen LogP contribution is -2.13. The van der Waals surface area contributed by atoms with E-state index < -0.39 is 5.91 Å². The first-order valence-electron chi connectivity index (χ1n) is 9.09. The number of benzene rings is 2. The molecule has 0 saturated carbocycles. The van der Waals surface area contributed by atoms with Crippen molar-refractivity contribution < 1.29 is 32.6 Å². The molecule has 1 amide bonds. The first kappa shape index (κ1) is 20.1. The van der Waals surface area contributed by atoms with E-state index in [2.05, 4.69) is 15.5 Å². The molecule has 2 aromatic carbocycles. The van der Waals surface area contributed by atoms with Crippen molar-refractivity contribution in [2.45, 2.75) is 0 Å². The number of nitrogens with one attached hydrogen (secondary N) is 1. The number of methoxy groups -OCH3 is 4. The normalized spacial score (nSPS) is 10.7. The molecule has 2 aromatic heterocycles. The fourth-order valence-corrected chi connectivity index (χ4v) is 3.06. The Morgan fingerprint density at radius 3 is 2.23 bits per heavy atom. The van der Waals surface area contributed by atoms with Gasteiger partial charge in [-0.25, -0.2) is 0 Å². The van der Waals surface area contributed by atoms with Gasteiger partial charge in [0.25, 0.3) is 11.8 Å². The summed E-state index contributed by atoms with van der Waals surface area (Å²) < 4.78 is 32.4. The molecule has 0 fully saturated rings. The van der Waals surface area contributed by atoms with Gasteiger partial charge in [-0.1, -0.05) is 17.2 Å². The minimum Gasteiger partial charge on any atom is -0.493 e. The average molecular weight is 425 g/mol. The van der Waals surface area contributed by atoms with Gasteiger partial charge in [-0.2, -0.15) is 0 Å². The zero-order valence-corrected chi connectivity index (χ0v) is 17.2. The number of hydrogen-bond donors (Lipinski definition) is 1. The molecule has 4 aromatic rings. The maximum absolute atomic E-state index is 12.7. The van der Waals surface area contributed by atoms with E-state index in [0.717, 1.165) is 5.39 Å². The van der Waals surface area contributed by atoms with Gasteiger partial charge in [0.15, 0.2) is 28.6 Å². The van der Waals surface area contributed by atoms with Gasteiger partial charge in [-0.15, -0.1) is 5.10 Å². The van der Waals surface area contributed by atoms with Crippen LogP contribution in [0.3, 0.4) is 0 Å². The van der Waals surface area contributed by atoms with E-state index in [0.29, 0.717) is 34.3 Å². The summed E-state index contributed by atoms with van der Waals surface area (Å²) in [6, 6.07) is 10.2. The first-order chi connectivity index (χ1) is 15.1. The Morgan fingerprint density at radius 2 is 1.58 bits per heavy atom. The van der Waals surface area contributed by atoms with Crippen LogP contribution >= 0.6 is 0 Å². The Kier molecular flexibility index (Phi) is 5.35. The molecule has 0 radical (unpaired) electrons. The van der Waals surface area contributed by atoms with Crippen molar-refractivity contribution in [3.8, 4) is 34.6 Å². The number of carbonyl (C=O) groups excluding carboxylic acids is 1. The number of carbonyl (C=O) groups is 1. The lowest BCUT2D eigenvalue weighted by Gasteiger charge is -2.13. The van der Waals surface area contributed by atoms with E-state index in [9.17, 15) is 4.79 Å². The van der Waals surface area contributed by atoms with Crippen LogP contribution in [0.1, 0.15) is 10.4 Å². The molecular weight excluding hydrogens is 406 g/mol. The fourth-order valence-electron chi connectivity index (χ4n) is 3.06. The number of para-hydroxylation sites is 1. The topological polar surface area (TPSA) is 118 Å². The quantitative estimate of drug-likeness (QED) is 0.472. The van der Waals surface area contributed by atoms with Crippen molar-refractivity contribution in [3.05, 3.63) is 42.0 Å². The predicted molar refractivity (Wildman–Crippen MR) is 110 cm³/mol. The Balaban J connectivity index is 1.59. The number of ether oxygens (including phenoxy) is 4. The third-order valence-electron chi connectivity index (χ3n) is 4.51. The van der Waals surface area contributed by atoms with Gasteiger partial charge in [0, 0.05) is 10.9 Å². The van der Waals surface area contributed by atoms with Crippen molar-refractivity contribution in [2.24, 2.45) is 0 Å². The first-order valence-corrected chi connectivity index (χ1v) is 9.09. The maximum atomic E-state index is 12.7. The molecule has 0 aliphatic rings. The summed E-state index contributed by atoms with van der Waals surface area (Å²) >= 11 is 0. The highest BCUT2D eigenvalue weighted by Crippen LogP contribution is 2.38. The lowest BCUT2D eigenvalue weighted by atomic mass is 10.1. The van der Waals surface area contributed by atoms with Gasteiger partial charge in [0.05, 0.1) is 28.4 Å². The Hall–Kier alpha value is -4.21. The van der Waals surface area contributed by atoms with E-state index in [1.165, 1.54) is 33.5 Å². The van der Waals surface area contributed by atoms with Gasteiger partial charge in [0.2, 0.25) is 5.75 Å². The van der Waals surface area contributed by atoms with Gasteiger partial charge in [-0.05, 0) is 24.3 Å². The summed E-state index contributed by atoms with van der Waals surface area (Å²) in [5, 5.41) is 11.2. The van der Waals surface area contributed by atoms with Crippen LogP contribution in [0.15, 0.2) is 45.2 Å². The van der Waals surface area contributed by atoms with E-state index >= 15 is 0 Å². The highest BCUT2D eigenvalue weighted by molar-refractivity contribution is 6.04. The molecule has 1 N–H and O–H groups in total. The third-order valence-corrected chi connectivity index (χ3v) is 4.51. The van der Waals surface area contributed by atoms with Gasteiger partial charge in [0.1, 0.15) is 0 Å². The van der Waals surface area contributed by atoms with Crippen molar-refractivity contribution in [3.63, 3.8) is 0 Å². The summed E-state index contributed by atoms with van der Waals surface area (Å²) in [4.78, 5) is 12.7. The van der Waals surface area contributed by atoms with Crippen molar-refractivity contribution in [1.82, 2.24) is 10.2 Å². The summed E-state index contributed by atoms with van der Waals surface area (Å²) in [7, 11) is 5.96. The van der Waals surface area contributed by atoms with E-state index in [4.69, 9.17) is 27.8 Å². The summed E-state index contributed by atoms with van der Waals surface area (Å²) in [5.74, 6) is 1.60. The minimum absolute atomic E-state index is 0.0961. The summed E-state index contributed by atoms with van der Waals surface area (Å²) in [6.45, 7) is 0. The number of fused-ring (bicyclic) bond motifs is 1. The molecule has 0 atom stereocenters. The minimum atomic E-state index is -0.499. The molecule has 4 rings (SSSR count). The SMILES string of the molecule is COc1cc(C(=O)Nc2nnc(-c3cc4cccc(OC)c4o3)o2)cc(OC)c1OC. The second-order valence-electron chi connectivity index (χ2n) is 6.27. The number of furan rings is 1. The summed E-state index contributed by atoms with van der Waals surface area (Å²) in [6.07, 6.45) is 0. The predicted octanol–water partition coefficient (Wildman–Crippen LogP) is 3.77. The molecule has 0 spiro atoms. The second-order valence-corrected chi connectivity index (χ2v) is 6.27. The molecule has 2 heterocycles. The number of nitrogens with zero attached hydrogens (tertiary/aromatic N) is 2. The van der Waals surface area contributed by atoms with E-state index in [-0.39, 0.29) is 17.5 Å². The molecule has 10 heteroatoms. The highest BCUT2D eigenvalue weighted by atomic mass is 16.5. The fraction of sp³-hybridized carbons (Fsp3) is 0.190. The molecule has 0 bridgehead atoms. The molecular formula is C21H19N3O7. The molecule has 0 aliphatic heterocycles. The Labute approximate surface area is 176 Å². The number of aromatic nitrogens is 2. The van der Waals surface area contributed by atoms with Crippen LogP contribution in [0.5, 0.6) is 23.0 Å². The standard InChI is InChI=1S/C21H19N3O7/c1-26-13-7-5-6-11-8-16(30-17(11)13)20-23-24-21(31-20)22-19(25)12-9-14(27-2)18(29-4)15(10-12)28-3/h5-10H,1-4H3,(H,22,24,25). The number of hydrogen-bond acceptors (Lipinski definition) is 9. The Morgan fingerprint density at radius 1 is 0.871 bits per heavy atom. The van der Waals surface area contributed by atoms with E-state index in [1.54, 1.807) is 19.2 Å².